The molecule has 0 aliphatic rings. The fourth-order valence-electron chi connectivity index (χ4n) is 0.751. The Morgan fingerprint density at radius 2 is 2.54 bits per heavy atom. The van der Waals surface area contributed by atoms with Crippen LogP contribution in [0.2, 0.25) is 0 Å². The Morgan fingerprint density at radius 3 is 3.08 bits per heavy atom. The van der Waals surface area contributed by atoms with Gasteiger partial charge in [0.2, 0.25) is 0 Å². The van der Waals surface area contributed by atoms with Gasteiger partial charge in [0.05, 0.1) is 0 Å². The maximum absolute atomic E-state index is 10.5. The lowest BCUT2D eigenvalue weighted by Gasteiger charge is -2.03. The highest BCUT2D eigenvalue weighted by atomic mass is 32.1. The zero-order valence-corrected chi connectivity index (χ0v) is 7.90. The largest absolute Gasteiger partial charge is 0.438 e. The zero-order chi connectivity index (χ0) is 9.68. The van der Waals surface area contributed by atoms with Crippen LogP contribution in [-0.4, -0.2) is 28.8 Å². The first-order chi connectivity index (χ1) is 6.22. The molecule has 0 atom stereocenters. The summed E-state index contributed by atoms with van der Waals surface area (Å²) >= 11 is 4.84. The predicted octanol–water partition coefficient (Wildman–Crippen LogP) is -1.00. The molecule has 3 N–H and O–H groups in total. The Bertz CT molecular complexity index is 331. The van der Waals surface area contributed by atoms with Crippen molar-refractivity contribution in [2.45, 2.75) is 6.42 Å². The molecule has 0 unspecified atom stereocenters. The summed E-state index contributed by atoms with van der Waals surface area (Å²) in [5.41, 5.74) is 0. The second kappa shape index (κ2) is 4.61. The molecular weight excluding hydrogens is 192 g/mol. The van der Waals surface area contributed by atoms with Gasteiger partial charge in [0.1, 0.15) is 0 Å². The molecule has 1 heterocycles. The average Bonchev–Trinajstić information content (AvgIpc) is 2.51. The van der Waals surface area contributed by atoms with Gasteiger partial charge in [-0.15, -0.1) is 0 Å². The van der Waals surface area contributed by atoms with Gasteiger partial charge in [-0.25, -0.2) is 4.79 Å². The molecule has 0 saturated heterocycles. The summed E-state index contributed by atoms with van der Waals surface area (Å²) in [6.45, 7) is 0.599. The van der Waals surface area contributed by atoms with Crippen molar-refractivity contribution in [3.63, 3.8) is 0 Å². The lowest BCUT2D eigenvalue weighted by atomic mass is 10.4. The molecule has 0 spiro atoms. The van der Waals surface area contributed by atoms with Crippen molar-refractivity contribution in [1.82, 2.24) is 20.8 Å². The minimum absolute atomic E-state index is 0.511. The molecule has 0 fully saturated rings. The standard InChI is InChI=1S/C6H10N4O2S/c1-7-5(13)8-3-2-4-9-6(11)12-10-4/h2-3H2,1H3,(H2,7,8,13)(H,9,10,11). The second-order valence-corrected chi connectivity index (χ2v) is 2.71. The van der Waals surface area contributed by atoms with Crippen LogP contribution >= 0.6 is 12.2 Å². The van der Waals surface area contributed by atoms with E-state index in [1.54, 1.807) is 7.05 Å². The maximum atomic E-state index is 10.5. The van der Waals surface area contributed by atoms with Gasteiger partial charge in [-0.2, -0.15) is 0 Å². The molecule has 7 heteroatoms. The van der Waals surface area contributed by atoms with Crippen LogP contribution in [0.5, 0.6) is 0 Å². The van der Waals surface area contributed by atoms with Gasteiger partial charge in [0.25, 0.3) is 0 Å². The minimum Gasteiger partial charge on any atom is -0.366 e. The Balaban J connectivity index is 2.28. The van der Waals surface area contributed by atoms with Gasteiger partial charge in [-0.05, 0) is 12.2 Å². The van der Waals surface area contributed by atoms with Gasteiger partial charge < -0.3 is 10.6 Å². The molecule has 1 aromatic rings. The highest BCUT2D eigenvalue weighted by Crippen LogP contribution is 1.83. The summed E-state index contributed by atoms with van der Waals surface area (Å²) in [5, 5.41) is 9.72. The molecule has 0 amide bonds. The Labute approximate surface area is 79.7 Å². The lowest BCUT2D eigenvalue weighted by Crippen LogP contribution is -2.33. The van der Waals surface area contributed by atoms with Gasteiger partial charge in [-0.1, -0.05) is 5.16 Å². The number of aromatic amines is 1. The van der Waals surface area contributed by atoms with Crippen LogP contribution in [0.25, 0.3) is 0 Å². The highest BCUT2D eigenvalue weighted by Gasteiger charge is 1.99. The molecule has 0 aromatic carbocycles. The van der Waals surface area contributed by atoms with Gasteiger partial charge in [-0.3, -0.25) is 9.51 Å². The summed E-state index contributed by atoms with van der Waals surface area (Å²) in [5.74, 6) is -0.0254. The number of nitrogens with zero attached hydrogens (tertiary/aromatic N) is 1. The van der Waals surface area contributed by atoms with Crippen molar-refractivity contribution >= 4 is 17.3 Å². The molecule has 0 saturated carbocycles. The van der Waals surface area contributed by atoms with Crippen molar-refractivity contribution < 1.29 is 4.52 Å². The number of nitrogens with one attached hydrogen (secondary N) is 3. The number of hydrogen-bond acceptors (Lipinski definition) is 4. The Kier molecular flexibility index (Phi) is 3.44. The van der Waals surface area contributed by atoms with Crippen molar-refractivity contribution in [2.24, 2.45) is 0 Å². The first kappa shape index (κ1) is 9.72. The smallest absolute Gasteiger partial charge is 0.366 e. The Hall–Kier alpha value is -1.37. The molecule has 1 aromatic heterocycles. The maximum Gasteiger partial charge on any atom is 0.438 e. The normalized spacial score (nSPS) is 9.62. The van der Waals surface area contributed by atoms with Gasteiger partial charge in [0.15, 0.2) is 10.9 Å². The summed E-state index contributed by atoms with van der Waals surface area (Å²) in [4.78, 5) is 12.9. The second-order valence-electron chi connectivity index (χ2n) is 2.30. The van der Waals surface area contributed by atoms with E-state index in [9.17, 15) is 4.79 Å². The van der Waals surface area contributed by atoms with E-state index in [1.807, 2.05) is 0 Å². The van der Waals surface area contributed by atoms with Crippen molar-refractivity contribution in [3.05, 3.63) is 16.4 Å². The summed E-state index contributed by atoms with van der Waals surface area (Å²) in [6.07, 6.45) is 0.563. The number of rotatable bonds is 3. The van der Waals surface area contributed by atoms with Crippen molar-refractivity contribution in [1.29, 1.82) is 0 Å². The number of hydrogen-bond donors (Lipinski definition) is 3. The van der Waals surface area contributed by atoms with E-state index < -0.39 is 5.76 Å². The van der Waals surface area contributed by atoms with Crippen LogP contribution in [0.3, 0.4) is 0 Å². The van der Waals surface area contributed by atoms with Crippen LogP contribution in [0, 0.1) is 0 Å². The highest BCUT2D eigenvalue weighted by molar-refractivity contribution is 7.80. The lowest BCUT2D eigenvalue weighted by molar-refractivity contribution is 0.381. The fourth-order valence-corrected chi connectivity index (χ4v) is 0.853. The number of H-pyrrole nitrogens is 1. The summed E-state index contributed by atoms with van der Waals surface area (Å²) in [7, 11) is 1.73. The van der Waals surface area contributed by atoms with Gasteiger partial charge in [0, 0.05) is 20.0 Å². The molecule has 0 aliphatic carbocycles. The predicted molar refractivity (Wildman–Crippen MR) is 50.5 cm³/mol. The molecule has 6 nitrogen and oxygen atoms in total. The van der Waals surface area contributed by atoms with Gasteiger partial charge >= 0.3 is 5.76 Å². The van der Waals surface area contributed by atoms with E-state index in [-0.39, 0.29) is 0 Å². The summed E-state index contributed by atoms with van der Waals surface area (Å²) < 4.78 is 4.31. The number of aromatic nitrogens is 2. The first-order valence-electron chi connectivity index (χ1n) is 3.73. The SMILES string of the molecule is CNC(=S)NCCc1noc(=O)[nH]1. The molecule has 0 bridgehead atoms. The number of thiocarbonyl (C=S) groups is 1. The van der Waals surface area contributed by atoms with Crippen LogP contribution in [0.4, 0.5) is 0 Å². The monoisotopic (exact) mass is 202 g/mol. The van der Waals surface area contributed by atoms with Crippen LogP contribution < -0.4 is 16.4 Å². The van der Waals surface area contributed by atoms with Crippen LogP contribution in [-0.2, 0) is 6.42 Å². The third-order valence-electron chi connectivity index (χ3n) is 1.36. The fraction of sp³-hybridized carbons (Fsp3) is 0.500. The molecule has 72 valence electrons. The summed E-state index contributed by atoms with van der Waals surface area (Å²) in [6, 6.07) is 0. The van der Waals surface area contributed by atoms with E-state index in [1.165, 1.54) is 0 Å². The van der Waals surface area contributed by atoms with E-state index in [0.717, 1.165) is 0 Å². The minimum atomic E-state index is -0.536. The van der Waals surface area contributed by atoms with Crippen molar-refractivity contribution in [3.8, 4) is 0 Å². The average molecular weight is 202 g/mol. The Morgan fingerprint density at radius 1 is 1.77 bits per heavy atom. The third kappa shape index (κ3) is 3.24. The van der Waals surface area contributed by atoms with Crippen LogP contribution in [0.15, 0.2) is 9.32 Å². The third-order valence-corrected chi connectivity index (χ3v) is 1.71. The van der Waals surface area contributed by atoms with Crippen molar-refractivity contribution in [2.75, 3.05) is 13.6 Å². The topological polar surface area (TPSA) is 82.9 Å². The first-order valence-corrected chi connectivity index (χ1v) is 4.13. The van der Waals surface area contributed by atoms with E-state index in [2.05, 4.69) is 25.3 Å². The van der Waals surface area contributed by atoms with Crippen LogP contribution in [0.1, 0.15) is 5.82 Å². The molecule has 0 radical (unpaired) electrons. The molecular formula is C6H10N4O2S. The quantitative estimate of drug-likeness (QED) is 0.545. The van der Waals surface area contributed by atoms with E-state index >= 15 is 0 Å². The zero-order valence-electron chi connectivity index (χ0n) is 7.09. The molecule has 0 aliphatic heterocycles. The van der Waals surface area contributed by atoms with E-state index in [4.69, 9.17) is 12.2 Å². The molecule has 13 heavy (non-hydrogen) atoms. The van der Waals surface area contributed by atoms with E-state index in [0.29, 0.717) is 23.9 Å². The molecule has 1 rings (SSSR count).